The van der Waals surface area contributed by atoms with Crippen LogP contribution in [0.2, 0.25) is 0 Å². The fourth-order valence-corrected chi connectivity index (χ4v) is 2.41. The Morgan fingerprint density at radius 1 is 1.31 bits per heavy atom. The first-order chi connectivity index (χ1) is 7.77. The maximum absolute atomic E-state index is 10.3. The third-order valence-corrected chi connectivity index (χ3v) is 3.58. The van der Waals surface area contributed by atoms with Crippen molar-refractivity contribution in [1.82, 2.24) is 4.98 Å². The second kappa shape index (κ2) is 3.56. The van der Waals surface area contributed by atoms with Gasteiger partial charge in [-0.2, -0.15) is 0 Å². The largest absolute Gasteiger partial charge is 0.388 e. The molecule has 2 nitrogen and oxygen atoms in total. The van der Waals surface area contributed by atoms with Crippen LogP contribution < -0.4 is 0 Å². The number of aliphatic hydroxyl groups is 1. The summed E-state index contributed by atoms with van der Waals surface area (Å²) in [5.74, 6) is 1.09. The van der Waals surface area contributed by atoms with E-state index in [1.54, 1.807) is 6.20 Å². The lowest BCUT2D eigenvalue weighted by atomic mass is 9.99. The predicted octanol–water partition coefficient (Wildman–Crippen LogP) is 2.92. The molecule has 1 aliphatic carbocycles. The van der Waals surface area contributed by atoms with Crippen LogP contribution in [0.1, 0.15) is 25.0 Å². The number of aromatic nitrogens is 1. The van der Waals surface area contributed by atoms with Crippen LogP contribution in [-0.2, 0) is 0 Å². The Hall–Kier alpha value is -1.41. The number of pyridine rings is 1. The van der Waals surface area contributed by atoms with Gasteiger partial charge in [0, 0.05) is 11.6 Å². The molecule has 3 unspecified atom stereocenters. The Morgan fingerprint density at radius 3 is 2.88 bits per heavy atom. The van der Waals surface area contributed by atoms with Crippen LogP contribution in [-0.4, -0.2) is 10.1 Å². The van der Waals surface area contributed by atoms with Crippen molar-refractivity contribution in [3.63, 3.8) is 0 Å². The summed E-state index contributed by atoms with van der Waals surface area (Å²) in [6, 6.07) is 9.94. The van der Waals surface area contributed by atoms with Crippen LogP contribution in [0.15, 0.2) is 36.5 Å². The first-order valence-electron chi connectivity index (χ1n) is 5.79. The van der Waals surface area contributed by atoms with Crippen LogP contribution >= 0.6 is 0 Å². The zero-order valence-corrected chi connectivity index (χ0v) is 9.30. The standard InChI is InChI=1S/C14H15NO/c1-9-8-12(9)14(16)11-4-2-6-13-10(11)5-3-7-15-13/h2-7,9,12,14,16H,8H2,1H3. The van der Waals surface area contributed by atoms with Crippen molar-refractivity contribution in [3.8, 4) is 0 Å². The van der Waals surface area contributed by atoms with Gasteiger partial charge in [-0.25, -0.2) is 0 Å². The van der Waals surface area contributed by atoms with E-state index in [0.29, 0.717) is 11.8 Å². The molecule has 1 fully saturated rings. The molecule has 16 heavy (non-hydrogen) atoms. The summed E-state index contributed by atoms with van der Waals surface area (Å²) >= 11 is 0. The maximum atomic E-state index is 10.3. The predicted molar refractivity (Wildman–Crippen MR) is 64.0 cm³/mol. The molecular formula is C14H15NO. The molecule has 3 rings (SSSR count). The molecule has 0 bridgehead atoms. The first-order valence-corrected chi connectivity index (χ1v) is 5.79. The van der Waals surface area contributed by atoms with Crippen LogP contribution in [0.3, 0.4) is 0 Å². The van der Waals surface area contributed by atoms with Crippen molar-refractivity contribution in [2.24, 2.45) is 11.8 Å². The summed E-state index contributed by atoms with van der Waals surface area (Å²) in [7, 11) is 0. The van der Waals surface area contributed by atoms with Gasteiger partial charge in [0.25, 0.3) is 0 Å². The van der Waals surface area contributed by atoms with Gasteiger partial charge in [0.2, 0.25) is 0 Å². The lowest BCUT2D eigenvalue weighted by Crippen LogP contribution is -2.02. The third-order valence-electron chi connectivity index (χ3n) is 3.58. The number of hydrogen-bond acceptors (Lipinski definition) is 2. The highest BCUT2D eigenvalue weighted by Gasteiger charge is 2.39. The molecule has 3 atom stereocenters. The molecule has 1 saturated carbocycles. The molecule has 0 aliphatic heterocycles. The van der Waals surface area contributed by atoms with Crippen LogP contribution in [0.25, 0.3) is 10.9 Å². The van der Waals surface area contributed by atoms with Crippen LogP contribution in [0, 0.1) is 11.8 Å². The van der Waals surface area contributed by atoms with E-state index in [2.05, 4.69) is 11.9 Å². The van der Waals surface area contributed by atoms with Gasteiger partial charge < -0.3 is 5.11 Å². The number of fused-ring (bicyclic) bond motifs is 1. The summed E-state index contributed by atoms with van der Waals surface area (Å²) in [4.78, 5) is 4.31. The number of aliphatic hydroxyl groups excluding tert-OH is 1. The monoisotopic (exact) mass is 213 g/mol. The summed E-state index contributed by atoms with van der Waals surface area (Å²) in [5, 5.41) is 11.4. The minimum absolute atomic E-state index is 0.331. The van der Waals surface area contributed by atoms with Crippen molar-refractivity contribution >= 4 is 10.9 Å². The van der Waals surface area contributed by atoms with E-state index in [1.807, 2.05) is 30.3 Å². The van der Waals surface area contributed by atoms with Gasteiger partial charge in [-0.15, -0.1) is 0 Å². The van der Waals surface area contributed by atoms with Crippen molar-refractivity contribution in [3.05, 3.63) is 42.1 Å². The van der Waals surface area contributed by atoms with Gasteiger partial charge in [0.1, 0.15) is 0 Å². The molecule has 0 radical (unpaired) electrons. The molecule has 1 aromatic heterocycles. The lowest BCUT2D eigenvalue weighted by molar-refractivity contribution is 0.149. The van der Waals surface area contributed by atoms with Crippen molar-refractivity contribution < 1.29 is 5.11 Å². The van der Waals surface area contributed by atoms with Gasteiger partial charge in [-0.1, -0.05) is 25.1 Å². The van der Waals surface area contributed by atoms with Crippen molar-refractivity contribution in [2.75, 3.05) is 0 Å². The highest BCUT2D eigenvalue weighted by Crippen LogP contribution is 2.47. The van der Waals surface area contributed by atoms with E-state index in [-0.39, 0.29) is 6.10 Å². The van der Waals surface area contributed by atoms with Crippen LogP contribution in [0.4, 0.5) is 0 Å². The smallest absolute Gasteiger partial charge is 0.0827 e. The maximum Gasteiger partial charge on any atom is 0.0827 e. The SMILES string of the molecule is CC1CC1C(O)c1cccc2ncccc12. The normalized spacial score (nSPS) is 25.6. The lowest BCUT2D eigenvalue weighted by Gasteiger charge is -2.12. The first kappa shape index (κ1) is 9.79. The highest BCUT2D eigenvalue weighted by molar-refractivity contribution is 5.82. The minimum Gasteiger partial charge on any atom is -0.388 e. The Kier molecular flexibility index (Phi) is 2.18. The molecule has 0 amide bonds. The van der Waals surface area contributed by atoms with Crippen LogP contribution in [0.5, 0.6) is 0 Å². The Bertz CT molecular complexity index is 518. The van der Waals surface area contributed by atoms with Gasteiger partial charge in [-0.05, 0) is 36.0 Å². The summed E-state index contributed by atoms with van der Waals surface area (Å²) < 4.78 is 0. The summed E-state index contributed by atoms with van der Waals surface area (Å²) in [6.07, 6.45) is 2.60. The number of hydrogen-bond donors (Lipinski definition) is 1. The van der Waals surface area contributed by atoms with Gasteiger partial charge in [-0.3, -0.25) is 4.98 Å². The number of benzene rings is 1. The molecule has 1 heterocycles. The molecular weight excluding hydrogens is 198 g/mol. The van der Waals surface area contributed by atoms with E-state index < -0.39 is 0 Å². The van der Waals surface area contributed by atoms with E-state index in [1.165, 1.54) is 0 Å². The highest BCUT2D eigenvalue weighted by atomic mass is 16.3. The summed E-state index contributed by atoms with van der Waals surface area (Å²) in [6.45, 7) is 2.19. The number of rotatable bonds is 2. The summed E-state index contributed by atoms with van der Waals surface area (Å²) in [5.41, 5.74) is 1.99. The second-order valence-corrected chi connectivity index (χ2v) is 4.74. The molecule has 2 aromatic rings. The molecule has 1 aromatic carbocycles. The number of nitrogens with zero attached hydrogens (tertiary/aromatic N) is 1. The van der Waals surface area contributed by atoms with Crippen molar-refractivity contribution in [2.45, 2.75) is 19.4 Å². The quantitative estimate of drug-likeness (QED) is 0.832. The zero-order chi connectivity index (χ0) is 11.1. The molecule has 82 valence electrons. The third kappa shape index (κ3) is 1.50. The fourth-order valence-electron chi connectivity index (χ4n) is 2.41. The fraction of sp³-hybridized carbons (Fsp3) is 0.357. The molecule has 2 heteroatoms. The zero-order valence-electron chi connectivity index (χ0n) is 9.30. The minimum atomic E-state index is -0.331. The molecule has 1 N–H and O–H groups in total. The molecule has 1 aliphatic rings. The van der Waals surface area contributed by atoms with Gasteiger partial charge in [0.05, 0.1) is 11.6 Å². The average Bonchev–Trinajstić information content (AvgIpc) is 3.05. The van der Waals surface area contributed by atoms with Crippen molar-refractivity contribution in [1.29, 1.82) is 0 Å². The van der Waals surface area contributed by atoms with E-state index in [4.69, 9.17) is 0 Å². The average molecular weight is 213 g/mol. The van der Waals surface area contributed by atoms with E-state index >= 15 is 0 Å². The Morgan fingerprint density at radius 2 is 2.12 bits per heavy atom. The topological polar surface area (TPSA) is 33.1 Å². The van der Waals surface area contributed by atoms with Gasteiger partial charge in [0.15, 0.2) is 0 Å². The van der Waals surface area contributed by atoms with E-state index in [0.717, 1.165) is 22.9 Å². The Labute approximate surface area is 94.9 Å². The Balaban J connectivity index is 2.09. The van der Waals surface area contributed by atoms with E-state index in [9.17, 15) is 5.11 Å². The molecule has 0 spiro atoms. The van der Waals surface area contributed by atoms with Gasteiger partial charge >= 0.3 is 0 Å². The molecule has 0 saturated heterocycles. The second-order valence-electron chi connectivity index (χ2n) is 4.74.